The van der Waals surface area contributed by atoms with Crippen molar-refractivity contribution >= 4 is 25.9 Å². The van der Waals surface area contributed by atoms with E-state index in [0.29, 0.717) is 0 Å². The van der Waals surface area contributed by atoms with E-state index in [1.165, 1.54) is 16.7 Å². The first-order valence-corrected chi connectivity index (χ1v) is 5.63. The van der Waals surface area contributed by atoms with Gasteiger partial charge in [0.1, 0.15) is 20.4 Å². The standard InChI is InChI=1S/C13H13.3CH2O.Fe/c1-2-11-6-5-9-13(10-11)12-7-3-4-8-12;3*1-2;/h3,5-7,9-10H,2,4H2,1H3;3*1H2;/q-1;;;;. The van der Waals surface area contributed by atoms with Gasteiger partial charge in [0.2, 0.25) is 0 Å². The summed E-state index contributed by atoms with van der Waals surface area (Å²) in [6.45, 7) is 8.18. The van der Waals surface area contributed by atoms with Crippen LogP contribution in [0.2, 0.25) is 0 Å². The van der Waals surface area contributed by atoms with Gasteiger partial charge in [-0.1, -0.05) is 31.0 Å². The second kappa shape index (κ2) is 17.2. The third kappa shape index (κ3) is 8.35. The maximum Gasteiger partial charge on any atom is 0.106 e. The van der Waals surface area contributed by atoms with Crippen LogP contribution >= 0.6 is 0 Å². The number of carbonyl (C=O) groups excluding carboxylic acids is 3. The van der Waals surface area contributed by atoms with E-state index < -0.39 is 0 Å². The van der Waals surface area contributed by atoms with Crippen molar-refractivity contribution in [1.82, 2.24) is 0 Å². The quantitative estimate of drug-likeness (QED) is 0.623. The summed E-state index contributed by atoms with van der Waals surface area (Å²) >= 11 is 0. The first kappa shape index (κ1) is 23.3. The van der Waals surface area contributed by atoms with Crippen molar-refractivity contribution < 1.29 is 31.5 Å². The molecule has 3 nitrogen and oxygen atoms in total. The minimum absolute atomic E-state index is 0. The summed E-state index contributed by atoms with van der Waals surface area (Å²) in [6.07, 6.45) is 9.69. The Morgan fingerprint density at radius 2 is 1.70 bits per heavy atom. The van der Waals surface area contributed by atoms with Crippen LogP contribution in [0.3, 0.4) is 0 Å². The summed E-state index contributed by atoms with van der Waals surface area (Å²) in [5, 5.41) is 0. The van der Waals surface area contributed by atoms with Crippen LogP contribution in [0.25, 0.3) is 5.57 Å². The zero-order chi connectivity index (χ0) is 15.1. The zero-order valence-electron chi connectivity index (χ0n) is 11.6. The predicted octanol–water partition coefficient (Wildman–Crippen LogP) is 2.84. The Labute approximate surface area is 131 Å². The molecule has 0 fully saturated rings. The summed E-state index contributed by atoms with van der Waals surface area (Å²) < 4.78 is 0. The number of benzene rings is 1. The Kier molecular flexibility index (Phi) is 20.1. The molecule has 0 radical (unpaired) electrons. The second-order valence-corrected chi connectivity index (χ2v) is 3.25. The molecular formula is C16H19FeO3-. The topological polar surface area (TPSA) is 51.2 Å². The van der Waals surface area contributed by atoms with Gasteiger partial charge in [-0.25, -0.2) is 0 Å². The van der Waals surface area contributed by atoms with E-state index in [4.69, 9.17) is 14.4 Å². The summed E-state index contributed by atoms with van der Waals surface area (Å²) in [4.78, 5) is 24.0. The molecule has 0 aliphatic heterocycles. The van der Waals surface area contributed by atoms with Crippen LogP contribution in [0.5, 0.6) is 0 Å². The van der Waals surface area contributed by atoms with Gasteiger partial charge < -0.3 is 14.4 Å². The third-order valence-electron chi connectivity index (χ3n) is 2.34. The molecular weight excluding hydrogens is 296 g/mol. The molecule has 0 atom stereocenters. The third-order valence-corrected chi connectivity index (χ3v) is 2.34. The van der Waals surface area contributed by atoms with E-state index in [-0.39, 0.29) is 17.1 Å². The van der Waals surface area contributed by atoms with E-state index in [1.807, 2.05) is 20.4 Å². The maximum atomic E-state index is 8.00. The molecule has 0 saturated carbocycles. The summed E-state index contributed by atoms with van der Waals surface area (Å²) in [7, 11) is 0. The zero-order valence-corrected chi connectivity index (χ0v) is 12.7. The average Bonchev–Trinajstić information content (AvgIpc) is 3.08. The minimum atomic E-state index is 0. The van der Waals surface area contributed by atoms with Gasteiger partial charge >= 0.3 is 0 Å². The fourth-order valence-electron chi connectivity index (χ4n) is 1.56. The number of allylic oxidation sites excluding steroid dienone is 4. The monoisotopic (exact) mass is 315 g/mol. The first-order chi connectivity index (χ1) is 9.40. The van der Waals surface area contributed by atoms with Crippen molar-refractivity contribution in [3.05, 3.63) is 53.6 Å². The van der Waals surface area contributed by atoms with Gasteiger partial charge in [-0.2, -0.15) is 17.7 Å². The summed E-state index contributed by atoms with van der Waals surface area (Å²) in [6, 6.07) is 8.69. The number of hydrogen-bond donors (Lipinski definition) is 0. The molecule has 2 rings (SSSR count). The molecule has 0 unspecified atom stereocenters. The van der Waals surface area contributed by atoms with Crippen molar-refractivity contribution in [2.45, 2.75) is 19.8 Å². The Bertz CT molecular complexity index is 409. The number of hydrogen-bond acceptors (Lipinski definition) is 3. The van der Waals surface area contributed by atoms with Crippen molar-refractivity contribution in [1.29, 1.82) is 0 Å². The molecule has 0 N–H and O–H groups in total. The molecule has 0 bridgehead atoms. The second-order valence-electron chi connectivity index (χ2n) is 3.25. The molecule has 0 amide bonds. The Hall–Kier alpha value is -1.77. The summed E-state index contributed by atoms with van der Waals surface area (Å²) in [5.74, 6) is 0. The largest absolute Gasteiger partial charge is 0.307 e. The number of aryl methyl sites for hydroxylation is 1. The van der Waals surface area contributed by atoms with Crippen molar-refractivity contribution in [3.63, 3.8) is 0 Å². The molecule has 0 spiro atoms. The average molecular weight is 315 g/mol. The van der Waals surface area contributed by atoms with Gasteiger partial charge in [-0.05, 0) is 6.42 Å². The van der Waals surface area contributed by atoms with Crippen LogP contribution in [-0.4, -0.2) is 20.4 Å². The Morgan fingerprint density at radius 1 is 1.10 bits per heavy atom. The number of carbonyl (C=O) groups is 3. The van der Waals surface area contributed by atoms with Gasteiger partial charge in [0.15, 0.2) is 0 Å². The van der Waals surface area contributed by atoms with Crippen LogP contribution in [-0.2, 0) is 37.9 Å². The molecule has 1 aromatic rings. The molecule has 1 aliphatic carbocycles. The molecule has 20 heavy (non-hydrogen) atoms. The van der Waals surface area contributed by atoms with Crippen LogP contribution in [0.1, 0.15) is 24.5 Å². The van der Waals surface area contributed by atoms with Crippen LogP contribution in [0.4, 0.5) is 0 Å². The van der Waals surface area contributed by atoms with Crippen LogP contribution < -0.4 is 0 Å². The predicted molar refractivity (Wildman–Crippen MR) is 77.6 cm³/mol. The van der Waals surface area contributed by atoms with Crippen molar-refractivity contribution in [2.24, 2.45) is 0 Å². The van der Waals surface area contributed by atoms with E-state index in [0.717, 1.165) is 12.8 Å². The molecule has 0 saturated heterocycles. The van der Waals surface area contributed by atoms with E-state index >= 15 is 0 Å². The van der Waals surface area contributed by atoms with Gasteiger partial charge in [-0.15, -0.1) is 23.8 Å². The van der Waals surface area contributed by atoms with Gasteiger partial charge in [0, 0.05) is 17.1 Å². The van der Waals surface area contributed by atoms with Crippen LogP contribution in [0.15, 0.2) is 36.4 Å². The van der Waals surface area contributed by atoms with Gasteiger partial charge in [-0.3, -0.25) is 0 Å². The molecule has 1 aromatic carbocycles. The van der Waals surface area contributed by atoms with E-state index in [2.05, 4.69) is 49.4 Å². The summed E-state index contributed by atoms with van der Waals surface area (Å²) in [5.41, 5.74) is 3.94. The van der Waals surface area contributed by atoms with Gasteiger partial charge in [0.05, 0.1) is 0 Å². The molecule has 0 heterocycles. The minimum Gasteiger partial charge on any atom is -0.307 e. The van der Waals surface area contributed by atoms with Crippen molar-refractivity contribution in [3.8, 4) is 0 Å². The van der Waals surface area contributed by atoms with E-state index in [9.17, 15) is 0 Å². The van der Waals surface area contributed by atoms with E-state index in [1.54, 1.807) is 0 Å². The van der Waals surface area contributed by atoms with Crippen LogP contribution in [0, 0.1) is 6.08 Å². The normalized spacial score (nSPS) is 10.2. The molecule has 1 aliphatic rings. The smallest absolute Gasteiger partial charge is 0.106 e. The molecule has 0 aromatic heterocycles. The number of rotatable bonds is 2. The fourth-order valence-corrected chi connectivity index (χ4v) is 1.56. The Balaban J connectivity index is -0.000000368. The molecule has 110 valence electrons. The van der Waals surface area contributed by atoms with Crippen molar-refractivity contribution in [2.75, 3.05) is 0 Å². The first-order valence-electron chi connectivity index (χ1n) is 5.63. The maximum absolute atomic E-state index is 8.00. The fraction of sp³-hybridized carbons (Fsp3) is 0.188. The SMILES string of the molecule is C=O.C=O.C=O.CCc1cccc(C2=[C-]CC=C2)c1.[Fe]. The molecule has 4 heteroatoms. The Morgan fingerprint density at radius 3 is 2.15 bits per heavy atom. The van der Waals surface area contributed by atoms with Gasteiger partial charge in [0.25, 0.3) is 0 Å².